The van der Waals surface area contributed by atoms with Crippen molar-refractivity contribution < 1.29 is 0 Å². The van der Waals surface area contributed by atoms with E-state index in [1.54, 1.807) is 5.56 Å². The predicted octanol–water partition coefficient (Wildman–Crippen LogP) is 7.37. The fourth-order valence-corrected chi connectivity index (χ4v) is 5.25. The maximum atomic E-state index is 2.48. The smallest absolute Gasteiger partial charge is 0.00555 e. The number of hydrogen-bond acceptors (Lipinski definition) is 0. The van der Waals surface area contributed by atoms with Crippen molar-refractivity contribution in [2.75, 3.05) is 0 Å². The summed E-state index contributed by atoms with van der Waals surface area (Å²) in [5, 5.41) is 0. The molecule has 0 heterocycles. The second-order valence-electron chi connectivity index (χ2n) is 8.54. The van der Waals surface area contributed by atoms with Gasteiger partial charge in [0.25, 0.3) is 0 Å². The van der Waals surface area contributed by atoms with Crippen molar-refractivity contribution in [2.24, 2.45) is 5.92 Å². The molecule has 1 fully saturated rings. The van der Waals surface area contributed by atoms with Crippen molar-refractivity contribution in [3.8, 4) is 0 Å². The van der Waals surface area contributed by atoms with Crippen LogP contribution in [0.1, 0.15) is 74.5 Å². The summed E-state index contributed by atoms with van der Waals surface area (Å²) in [5.41, 5.74) is 10.3. The summed E-state index contributed by atoms with van der Waals surface area (Å²) in [5.74, 6) is 1.54. The molecule has 0 bridgehead atoms. The maximum Gasteiger partial charge on any atom is 0.00555 e. The second-order valence-corrected chi connectivity index (χ2v) is 8.54. The van der Waals surface area contributed by atoms with Gasteiger partial charge in [0, 0.05) is 5.92 Å². The van der Waals surface area contributed by atoms with E-state index in [9.17, 15) is 0 Å². The predicted molar refractivity (Wildman–Crippen MR) is 112 cm³/mol. The summed E-state index contributed by atoms with van der Waals surface area (Å²) in [6, 6.07) is 7.23. The van der Waals surface area contributed by atoms with Crippen LogP contribution >= 0.6 is 0 Å². The van der Waals surface area contributed by atoms with E-state index in [-0.39, 0.29) is 0 Å². The quantitative estimate of drug-likeness (QED) is 0.539. The molecule has 1 aromatic rings. The fraction of sp³-hybridized carbons (Fsp3) is 0.385. The lowest BCUT2D eigenvalue weighted by atomic mass is 9.77. The van der Waals surface area contributed by atoms with Gasteiger partial charge in [-0.2, -0.15) is 0 Å². The normalized spacial score (nSPS) is 25.0. The number of rotatable bonds is 3. The third kappa shape index (κ3) is 2.86. The van der Waals surface area contributed by atoms with E-state index < -0.39 is 0 Å². The Morgan fingerprint density at radius 1 is 0.962 bits per heavy atom. The Labute approximate surface area is 157 Å². The lowest BCUT2D eigenvalue weighted by Gasteiger charge is -2.27. The van der Waals surface area contributed by atoms with Crippen molar-refractivity contribution in [3.05, 3.63) is 82.0 Å². The molecule has 0 N–H and O–H groups in total. The van der Waals surface area contributed by atoms with Gasteiger partial charge in [0.2, 0.25) is 0 Å². The molecular formula is C26H28. The molecule has 0 saturated heterocycles. The Morgan fingerprint density at radius 3 is 2.65 bits per heavy atom. The van der Waals surface area contributed by atoms with E-state index in [1.807, 2.05) is 0 Å². The van der Waals surface area contributed by atoms with E-state index >= 15 is 0 Å². The number of allylic oxidation sites excluding steroid dienone is 9. The second kappa shape index (κ2) is 6.58. The largest absolute Gasteiger partial charge is 0.0761 e. The highest BCUT2D eigenvalue weighted by molar-refractivity contribution is 5.78. The van der Waals surface area contributed by atoms with Crippen LogP contribution in [0.3, 0.4) is 0 Å². The van der Waals surface area contributed by atoms with Gasteiger partial charge in [0.1, 0.15) is 0 Å². The van der Waals surface area contributed by atoms with E-state index in [2.05, 4.69) is 61.6 Å². The molecule has 0 radical (unpaired) electrons. The highest BCUT2D eigenvalue weighted by atomic mass is 14.3. The van der Waals surface area contributed by atoms with Crippen molar-refractivity contribution in [2.45, 2.75) is 57.8 Å². The molecule has 0 amide bonds. The Bertz CT molecular complexity index is 879. The molecule has 1 aromatic carbocycles. The summed E-state index contributed by atoms with van der Waals surface area (Å²) in [4.78, 5) is 0. The number of benzene rings is 1. The van der Waals surface area contributed by atoms with Gasteiger partial charge in [-0.25, -0.2) is 0 Å². The average Bonchev–Trinajstić information content (AvgIpc) is 3.41. The van der Waals surface area contributed by atoms with E-state index in [4.69, 9.17) is 0 Å². The highest BCUT2D eigenvalue weighted by Crippen LogP contribution is 2.43. The Kier molecular flexibility index (Phi) is 4.08. The van der Waals surface area contributed by atoms with E-state index in [1.165, 1.54) is 65.5 Å². The molecule has 5 rings (SSSR count). The SMILES string of the molecule is CC1=CC=C(C2=CCC(c3ccc4c(c3)C=CC4C3CCCCC3)=C2)C1. The first kappa shape index (κ1) is 16.1. The van der Waals surface area contributed by atoms with Gasteiger partial charge < -0.3 is 0 Å². The summed E-state index contributed by atoms with van der Waals surface area (Å²) < 4.78 is 0. The molecule has 4 aliphatic rings. The monoisotopic (exact) mass is 340 g/mol. The number of fused-ring (bicyclic) bond motifs is 1. The van der Waals surface area contributed by atoms with Crippen molar-refractivity contribution in [1.29, 1.82) is 0 Å². The van der Waals surface area contributed by atoms with Gasteiger partial charge in [-0.15, -0.1) is 0 Å². The molecule has 1 atom stereocenters. The van der Waals surface area contributed by atoms with Gasteiger partial charge in [-0.3, -0.25) is 0 Å². The highest BCUT2D eigenvalue weighted by Gasteiger charge is 2.27. The molecule has 1 unspecified atom stereocenters. The van der Waals surface area contributed by atoms with Crippen molar-refractivity contribution in [3.63, 3.8) is 0 Å². The molecule has 4 aliphatic carbocycles. The first-order valence-electron chi connectivity index (χ1n) is 10.4. The van der Waals surface area contributed by atoms with Crippen LogP contribution in [-0.2, 0) is 0 Å². The minimum atomic E-state index is 0.670. The van der Waals surface area contributed by atoms with Crippen LogP contribution < -0.4 is 0 Å². The average molecular weight is 341 g/mol. The first-order valence-corrected chi connectivity index (χ1v) is 10.4. The summed E-state index contributed by atoms with van der Waals surface area (Å²) in [6.07, 6.45) is 23.5. The minimum Gasteiger partial charge on any atom is -0.0761 e. The Morgan fingerprint density at radius 2 is 1.85 bits per heavy atom. The third-order valence-corrected chi connectivity index (χ3v) is 6.74. The fourth-order valence-electron chi connectivity index (χ4n) is 5.25. The number of hydrogen-bond donors (Lipinski definition) is 0. The van der Waals surface area contributed by atoms with Crippen LogP contribution in [-0.4, -0.2) is 0 Å². The van der Waals surface area contributed by atoms with Crippen LogP contribution in [0.25, 0.3) is 11.6 Å². The molecule has 0 heteroatoms. The summed E-state index contributed by atoms with van der Waals surface area (Å²) in [6.45, 7) is 2.22. The molecular weight excluding hydrogens is 312 g/mol. The summed E-state index contributed by atoms with van der Waals surface area (Å²) >= 11 is 0. The molecule has 1 saturated carbocycles. The van der Waals surface area contributed by atoms with E-state index in [0.29, 0.717) is 5.92 Å². The molecule has 0 aliphatic heterocycles. The van der Waals surface area contributed by atoms with Crippen LogP contribution in [0, 0.1) is 5.92 Å². The van der Waals surface area contributed by atoms with Crippen LogP contribution in [0.4, 0.5) is 0 Å². The van der Waals surface area contributed by atoms with Gasteiger partial charge in [-0.05, 0) is 78.0 Å². The third-order valence-electron chi connectivity index (χ3n) is 6.74. The van der Waals surface area contributed by atoms with Gasteiger partial charge in [0.05, 0.1) is 0 Å². The standard InChI is InChI=1S/C26H28/c1-18-7-8-20(15-18)21-9-10-22(16-21)23-11-13-26-24(17-23)12-14-25(26)19-5-3-2-4-6-19/h7-9,11-14,16-17,19,25H,2-6,10,15H2,1H3. The van der Waals surface area contributed by atoms with Crippen LogP contribution in [0.15, 0.2) is 65.3 Å². The Hall–Kier alpha value is -2.08. The van der Waals surface area contributed by atoms with Gasteiger partial charge in [-0.1, -0.05) is 73.4 Å². The zero-order valence-corrected chi connectivity index (χ0v) is 15.8. The first-order chi connectivity index (χ1) is 12.8. The molecule has 0 spiro atoms. The summed E-state index contributed by atoms with van der Waals surface area (Å²) in [7, 11) is 0. The van der Waals surface area contributed by atoms with Crippen LogP contribution in [0.5, 0.6) is 0 Å². The van der Waals surface area contributed by atoms with Crippen LogP contribution in [0.2, 0.25) is 0 Å². The molecule has 0 aromatic heterocycles. The van der Waals surface area contributed by atoms with E-state index in [0.717, 1.165) is 18.8 Å². The van der Waals surface area contributed by atoms with Gasteiger partial charge in [0.15, 0.2) is 0 Å². The zero-order valence-electron chi connectivity index (χ0n) is 15.8. The molecule has 132 valence electrons. The maximum absolute atomic E-state index is 2.48. The minimum absolute atomic E-state index is 0.670. The molecule has 26 heavy (non-hydrogen) atoms. The van der Waals surface area contributed by atoms with Crippen molar-refractivity contribution in [1.82, 2.24) is 0 Å². The Balaban J connectivity index is 1.36. The van der Waals surface area contributed by atoms with Crippen molar-refractivity contribution >= 4 is 11.6 Å². The van der Waals surface area contributed by atoms with Gasteiger partial charge >= 0.3 is 0 Å². The topological polar surface area (TPSA) is 0 Å². The zero-order chi connectivity index (χ0) is 17.5. The lowest BCUT2D eigenvalue weighted by Crippen LogP contribution is -2.13. The molecule has 0 nitrogen and oxygen atoms in total. The lowest BCUT2D eigenvalue weighted by molar-refractivity contribution is 0.334.